The van der Waals surface area contributed by atoms with Crippen LogP contribution in [0, 0.1) is 22.0 Å². The lowest BCUT2D eigenvalue weighted by Gasteiger charge is -2.35. The fourth-order valence-corrected chi connectivity index (χ4v) is 5.89. The van der Waals surface area contributed by atoms with Crippen LogP contribution in [0.15, 0.2) is 79.0 Å². The molecule has 2 amide bonds. The Bertz CT molecular complexity index is 1500. The Hall–Kier alpha value is -4.30. The number of nitrogens with zero attached hydrogens (tertiary/aromatic N) is 3. The van der Waals surface area contributed by atoms with Gasteiger partial charge in [-0.1, -0.05) is 60.1 Å². The van der Waals surface area contributed by atoms with Crippen LogP contribution in [-0.2, 0) is 9.59 Å². The predicted octanol–water partition coefficient (Wildman–Crippen LogP) is 4.65. The van der Waals surface area contributed by atoms with Crippen LogP contribution >= 0.6 is 11.6 Å². The number of rotatable bonds is 4. The number of amides is 2. The molecule has 0 bridgehead atoms. The number of ketones is 1. The summed E-state index contributed by atoms with van der Waals surface area (Å²) in [5.74, 6) is -3.20. The van der Waals surface area contributed by atoms with Crippen molar-refractivity contribution in [1.82, 2.24) is 4.90 Å². The number of nitro benzene ring substituents is 1. The van der Waals surface area contributed by atoms with Crippen LogP contribution in [-0.4, -0.2) is 33.5 Å². The van der Waals surface area contributed by atoms with Crippen LogP contribution in [0.3, 0.4) is 0 Å². The first-order chi connectivity index (χ1) is 17.4. The minimum absolute atomic E-state index is 0.109. The van der Waals surface area contributed by atoms with Crippen molar-refractivity contribution in [3.8, 4) is 0 Å². The molecule has 0 unspecified atom stereocenters. The zero-order valence-corrected chi connectivity index (χ0v) is 19.4. The molecule has 3 aliphatic heterocycles. The van der Waals surface area contributed by atoms with Gasteiger partial charge in [-0.15, -0.1) is 0 Å². The summed E-state index contributed by atoms with van der Waals surface area (Å²) in [6.07, 6.45) is 3.59. The number of hydrogen-bond donors (Lipinski definition) is 0. The summed E-state index contributed by atoms with van der Waals surface area (Å²) < 4.78 is 0. The van der Waals surface area contributed by atoms with Gasteiger partial charge in [-0.25, -0.2) is 4.90 Å². The molecule has 36 heavy (non-hydrogen) atoms. The molecule has 3 aromatic carbocycles. The molecule has 0 aromatic heterocycles. The van der Waals surface area contributed by atoms with Crippen molar-refractivity contribution in [2.45, 2.75) is 12.1 Å². The second-order valence-electron chi connectivity index (χ2n) is 8.97. The molecule has 0 aliphatic carbocycles. The first kappa shape index (κ1) is 22.2. The Morgan fingerprint density at radius 2 is 1.64 bits per heavy atom. The highest BCUT2D eigenvalue weighted by atomic mass is 35.5. The van der Waals surface area contributed by atoms with Crippen molar-refractivity contribution >= 4 is 46.6 Å². The lowest BCUT2D eigenvalue weighted by molar-refractivity contribution is -0.384. The van der Waals surface area contributed by atoms with E-state index in [0.29, 0.717) is 0 Å². The lowest BCUT2D eigenvalue weighted by atomic mass is 9.83. The van der Waals surface area contributed by atoms with E-state index in [4.69, 9.17) is 11.6 Å². The van der Waals surface area contributed by atoms with Crippen molar-refractivity contribution in [2.24, 2.45) is 11.8 Å². The fraction of sp³-hybridized carbons (Fsp3) is 0.148. The predicted molar refractivity (Wildman–Crippen MR) is 132 cm³/mol. The molecule has 0 radical (unpaired) electrons. The van der Waals surface area contributed by atoms with Crippen LogP contribution in [0.25, 0.3) is 6.08 Å². The molecule has 4 atom stereocenters. The second kappa shape index (κ2) is 8.13. The minimum atomic E-state index is -1.02. The third kappa shape index (κ3) is 3.11. The van der Waals surface area contributed by atoms with Gasteiger partial charge in [-0.05, 0) is 29.3 Å². The van der Waals surface area contributed by atoms with E-state index in [1.807, 2.05) is 30.3 Å². The average Bonchev–Trinajstić information content (AvgIpc) is 3.36. The number of para-hydroxylation sites is 1. The molecule has 2 fully saturated rings. The molecule has 3 aromatic rings. The summed E-state index contributed by atoms with van der Waals surface area (Å²) in [7, 11) is 0. The Morgan fingerprint density at radius 3 is 2.42 bits per heavy atom. The molecule has 3 heterocycles. The second-order valence-corrected chi connectivity index (χ2v) is 9.38. The molecule has 6 rings (SSSR count). The highest BCUT2D eigenvalue weighted by Gasteiger charge is 2.64. The number of carbonyl (C=O) groups is 3. The van der Waals surface area contributed by atoms with Crippen LogP contribution in [0.4, 0.5) is 11.4 Å². The van der Waals surface area contributed by atoms with Crippen LogP contribution in [0.1, 0.15) is 27.5 Å². The number of imide groups is 1. The molecule has 178 valence electrons. The molecule has 9 heteroatoms. The highest BCUT2D eigenvalue weighted by Crippen LogP contribution is 2.54. The normalized spacial score (nSPS) is 23.9. The number of anilines is 1. The zero-order valence-electron chi connectivity index (χ0n) is 18.7. The maximum atomic E-state index is 13.9. The van der Waals surface area contributed by atoms with Gasteiger partial charge in [0.2, 0.25) is 11.8 Å². The van der Waals surface area contributed by atoms with E-state index in [2.05, 4.69) is 0 Å². The Kier molecular flexibility index (Phi) is 5.01. The Balaban J connectivity index is 1.51. The molecule has 0 N–H and O–H groups in total. The molecule has 0 spiro atoms. The van der Waals surface area contributed by atoms with Crippen molar-refractivity contribution in [1.29, 1.82) is 0 Å². The quantitative estimate of drug-likeness (QED) is 0.224. The molecule has 8 nitrogen and oxygen atoms in total. The maximum Gasteiger partial charge on any atom is 0.270 e. The van der Waals surface area contributed by atoms with Crippen LogP contribution in [0.5, 0.6) is 0 Å². The standard InChI is InChI=1S/C27H18ClN3O5/c28-19-10-3-4-11-20(19)30-26(33)21-22(27(30)34)24(25(32)16-7-5-8-17(14-16)31(35)36)29-13-12-15-6-1-2-9-18(15)23(21)29/h1-14,21-24H/t21-,22-,23-,24+/m0/s1. The van der Waals surface area contributed by atoms with Crippen molar-refractivity contribution in [2.75, 3.05) is 4.90 Å². The van der Waals surface area contributed by atoms with Gasteiger partial charge in [0.15, 0.2) is 5.78 Å². The Morgan fingerprint density at radius 1 is 0.917 bits per heavy atom. The van der Waals surface area contributed by atoms with Crippen molar-refractivity contribution in [3.05, 3.63) is 111 Å². The van der Waals surface area contributed by atoms with Gasteiger partial charge in [0.25, 0.3) is 5.69 Å². The molecule has 2 saturated heterocycles. The largest absolute Gasteiger partial charge is 0.358 e. The first-order valence-corrected chi connectivity index (χ1v) is 11.7. The smallest absolute Gasteiger partial charge is 0.270 e. The number of nitro groups is 1. The number of halogens is 1. The van der Waals surface area contributed by atoms with Crippen molar-refractivity contribution in [3.63, 3.8) is 0 Å². The van der Waals surface area contributed by atoms with Gasteiger partial charge in [-0.2, -0.15) is 0 Å². The summed E-state index contributed by atoms with van der Waals surface area (Å²) in [6, 6.07) is 18.0. The van der Waals surface area contributed by atoms with Crippen LogP contribution < -0.4 is 4.90 Å². The fourth-order valence-electron chi connectivity index (χ4n) is 5.67. The van der Waals surface area contributed by atoms with Gasteiger partial charge in [-0.3, -0.25) is 24.5 Å². The van der Waals surface area contributed by atoms with E-state index in [0.717, 1.165) is 16.0 Å². The van der Waals surface area contributed by atoms with Gasteiger partial charge >= 0.3 is 0 Å². The summed E-state index contributed by atoms with van der Waals surface area (Å²) in [5.41, 5.74) is 1.90. The van der Waals surface area contributed by atoms with Gasteiger partial charge in [0, 0.05) is 23.9 Å². The SMILES string of the molecule is O=C(c1cccc([N+](=O)[O-])c1)[C@H]1[C@H]2C(=O)N(c3ccccc3Cl)C(=O)[C@@H]2[C@@H]2c3ccccc3C=CN12. The summed E-state index contributed by atoms with van der Waals surface area (Å²) in [5, 5.41) is 11.6. The number of carbonyl (C=O) groups excluding carboxylic acids is 3. The van der Waals surface area contributed by atoms with Gasteiger partial charge in [0.1, 0.15) is 6.04 Å². The molecule has 0 saturated carbocycles. The van der Waals surface area contributed by atoms with E-state index in [1.165, 1.54) is 24.3 Å². The minimum Gasteiger partial charge on any atom is -0.358 e. The van der Waals surface area contributed by atoms with E-state index in [-0.39, 0.29) is 22.0 Å². The number of benzene rings is 3. The summed E-state index contributed by atoms with van der Waals surface area (Å²) in [6.45, 7) is 0. The van der Waals surface area contributed by atoms with Gasteiger partial charge < -0.3 is 4.90 Å². The van der Waals surface area contributed by atoms with E-state index in [1.54, 1.807) is 35.4 Å². The monoisotopic (exact) mass is 499 g/mol. The van der Waals surface area contributed by atoms with Gasteiger partial charge in [0.05, 0.1) is 33.5 Å². The first-order valence-electron chi connectivity index (χ1n) is 11.3. The molecular weight excluding hydrogens is 482 g/mol. The number of non-ortho nitro benzene ring substituents is 1. The summed E-state index contributed by atoms with van der Waals surface area (Å²) >= 11 is 6.35. The lowest BCUT2D eigenvalue weighted by Crippen LogP contribution is -2.44. The van der Waals surface area contributed by atoms with E-state index in [9.17, 15) is 24.5 Å². The van der Waals surface area contributed by atoms with Crippen molar-refractivity contribution < 1.29 is 19.3 Å². The van der Waals surface area contributed by atoms with E-state index < -0.39 is 46.4 Å². The third-order valence-electron chi connectivity index (χ3n) is 7.17. The van der Waals surface area contributed by atoms with E-state index >= 15 is 0 Å². The molecular formula is C27H18ClN3O5. The number of fused-ring (bicyclic) bond motifs is 5. The molecule has 3 aliphatic rings. The maximum absolute atomic E-state index is 13.9. The topological polar surface area (TPSA) is 101 Å². The average molecular weight is 500 g/mol. The number of hydrogen-bond acceptors (Lipinski definition) is 6. The summed E-state index contributed by atoms with van der Waals surface area (Å²) in [4.78, 5) is 55.2. The third-order valence-corrected chi connectivity index (χ3v) is 7.48. The van der Waals surface area contributed by atoms with Crippen LogP contribution in [0.2, 0.25) is 5.02 Å². The Labute approximate surface area is 210 Å². The zero-order chi connectivity index (χ0) is 25.1. The number of Topliss-reactive ketones (excluding diaryl/α,β-unsaturated/α-hetero) is 1. The highest BCUT2D eigenvalue weighted by molar-refractivity contribution is 6.36.